The number of amides is 1. The van der Waals surface area contributed by atoms with Gasteiger partial charge in [-0.05, 0) is 25.3 Å². The summed E-state index contributed by atoms with van der Waals surface area (Å²) in [6.07, 6.45) is 12.8. The summed E-state index contributed by atoms with van der Waals surface area (Å²) in [5, 5.41) is 11.5. The third-order valence-electron chi connectivity index (χ3n) is 6.24. The maximum absolute atomic E-state index is 11.4. The molecule has 1 atom stereocenters. The quantitative estimate of drug-likeness (QED) is 0.680. The van der Waals surface area contributed by atoms with Crippen LogP contribution in [-0.4, -0.2) is 41.7 Å². The lowest BCUT2D eigenvalue weighted by Gasteiger charge is -2.40. The zero-order chi connectivity index (χ0) is 21.4. The molecule has 3 aromatic heterocycles. The highest BCUT2D eigenvalue weighted by Gasteiger charge is 2.38. The molecule has 1 fully saturated rings. The van der Waals surface area contributed by atoms with E-state index in [1.54, 1.807) is 18.7 Å². The Kier molecular flexibility index (Phi) is 5.09. The van der Waals surface area contributed by atoms with Crippen molar-refractivity contribution in [3.05, 3.63) is 42.4 Å². The van der Waals surface area contributed by atoms with Crippen LogP contribution in [0.25, 0.3) is 17.1 Å². The van der Waals surface area contributed by atoms with Crippen LogP contribution in [0, 0.1) is 0 Å². The minimum Gasteiger partial charge on any atom is -0.352 e. The fourth-order valence-electron chi connectivity index (χ4n) is 4.78. The van der Waals surface area contributed by atoms with E-state index in [-0.39, 0.29) is 11.9 Å². The molecule has 1 aliphatic carbocycles. The number of pyridine rings is 1. The second kappa shape index (κ2) is 8.05. The van der Waals surface area contributed by atoms with E-state index in [0.29, 0.717) is 18.4 Å². The molecule has 1 amide bonds. The van der Waals surface area contributed by atoms with Gasteiger partial charge < -0.3 is 10.2 Å². The number of aromatic nitrogens is 6. The number of hydrogen-bond acceptors (Lipinski definition) is 7. The summed E-state index contributed by atoms with van der Waals surface area (Å²) >= 11 is 0. The van der Waals surface area contributed by atoms with Gasteiger partial charge in [0.1, 0.15) is 12.0 Å². The Morgan fingerprint density at radius 3 is 2.87 bits per heavy atom. The summed E-state index contributed by atoms with van der Waals surface area (Å²) in [5.41, 5.74) is 2.68. The maximum Gasteiger partial charge on any atom is 0.217 e. The lowest BCUT2D eigenvalue weighted by molar-refractivity contribution is -0.119. The first-order valence-electron chi connectivity index (χ1n) is 10.9. The summed E-state index contributed by atoms with van der Waals surface area (Å²) in [7, 11) is 0. The van der Waals surface area contributed by atoms with Gasteiger partial charge in [0, 0.05) is 43.0 Å². The van der Waals surface area contributed by atoms with E-state index in [0.717, 1.165) is 47.7 Å². The fourth-order valence-corrected chi connectivity index (χ4v) is 4.78. The minimum atomic E-state index is -0.0838. The van der Waals surface area contributed by atoms with Gasteiger partial charge in [0.05, 0.1) is 12.2 Å². The van der Waals surface area contributed by atoms with Gasteiger partial charge in [-0.2, -0.15) is 0 Å². The Morgan fingerprint density at radius 1 is 1.26 bits per heavy atom. The number of anilines is 1. The molecule has 1 aliphatic heterocycles. The number of carbonyl (C=O) groups excluding carboxylic acids is 1. The van der Waals surface area contributed by atoms with Crippen LogP contribution in [0.15, 0.2) is 31.0 Å². The minimum absolute atomic E-state index is 0.0838. The number of fused-ring (bicyclic) bond motifs is 3. The largest absolute Gasteiger partial charge is 0.352 e. The first-order chi connectivity index (χ1) is 15.2. The van der Waals surface area contributed by atoms with Crippen LogP contribution in [0.2, 0.25) is 0 Å². The summed E-state index contributed by atoms with van der Waals surface area (Å²) in [6.45, 7) is 4.08. The van der Waals surface area contributed by atoms with Crippen LogP contribution in [0.4, 0.5) is 5.82 Å². The van der Waals surface area contributed by atoms with Gasteiger partial charge in [0.15, 0.2) is 17.5 Å². The topological polar surface area (TPSA) is 102 Å². The van der Waals surface area contributed by atoms with Gasteiger partial charge in [0.2, 0.25) is 5.91 Å². The van der Waals surface area contributed by atoms with Gasteiger partial charge in [-0.1, -0.05) is 19.8 Å². The monoisotopic (exact) mass is 418 g/mol. The summed E-state index contributed by atoms with van der Waals surface area (Å²) in [4.78, 5) is 27.9. The van der Waals surface area contributed by atoms with Gasteiger partial charge in [-0.3, -0.25) is 14.3 Å². The van der Waals surface area contributed by atoms with Crippen molar-refractivity contribution in [3.63, 3.8) is 0 Å². The average Bonchev–Trinajstić information content (AvgIpc) is 3.49. The van der Waals surface area contributed by atoms with E-state index in [1.165, 1.54) is 19.8 Å². The van der Waals surface area contributed by atoms with Crippen molar-refractivity contribution in [1.29, 1.82) is 0 Å². The highest BCUT2D eigenvalue weighted by atomic mass is 16.1. The van der Waals surface area contributed by atoms with Crippen molar-refractivity contribution in [2.24, 2.45) is 0 Å². The SMILES string of the molecule is CCC1c2nncn2-c2cnc(-c3ccncc3CNC(C)=O)nc2N1C1CCCC1. The first-order valence-corrected chi connectivity index (χ1v) is 10.9. The van der Waals surface area contributed by atoms with Gasteiger partial charge >= 0.3 is 0 Å². The summed E-state index contributed by atoms with van der Waals surface area (Å²) in [6, 6.07) is 2.48. The summed E-state index contributed by atoms with van der Waals surface area (Å²) in [5.74, 6) is 2.43. The van der Waals surface area contributed by atoms with E-state index in [4.69, 9.17) is 4.98 Å². The molecule has 31 heavy (non-hydrogen) atoms. The molecule has 9 heteroatoms. The van der Waals surface area contributed by atoms with Crippen LogP contribution >= 0.6 is 0 Å². The predicted molar refractivity (Wildman–Crippen MR) is 115 cm³/mol. The molecular weight excluding hydrogens is 392 g/mol. The van der Waals surface area contributed by atoms with Gasteiger partial charge in [-0.15, -0.1) is 10.2 Å². The molecule has 1 unspecified atom stereocenters. The van der Waals surface area contributed by atoms with Crippen molar-refractivity contribution in [2.75, 3.05) is 4.90 Å². The number of nitrogens with one attached hydrogen (secondary N) is 1. The number of hydrogen-bond donors (Lipinski definition) is 1. The fraction of sp³-hybridized carbons (Fsp3) is 0.455. The maximum atomic E-state index is 11.4. The molecule has 0 spiro atoms. The molecule has 0 radical (unpaired) electrons. The van der Waals surface area contributed by atoms with E-state index in [2.05, 4.69) is 37.3 Å². The van der Waals surface area contributed by atoms with Crippen LogP contribution < -0.4 is 10.2 Å². The Morgan fingerprint density at radius 2 is 2.10 bits per heavy atom. The molecule has 4 heterocycles. The summed E-state index contributed by atoms with van der Waals surface area (Å²) < 4.78 is 2.02. The molecule has 160 valence electrons. The predicted octanol–water partition coefficient (Wildman–Crippen LogP) is 2.97. The van der Waals surface area contributed by atoms with E-state index in [9.17, 15) is 4.79 Å². The Hall–Kier alpha value is -3.36. The lowest BCUT2D eigenvalue weighted by Crippen LogP contribution is -2.42. The molecule has 1 saturated carbocycles. The van der Waals surface area contributed by atoms with Crippen molar-refractivity contribution < 1.29 is 4.79 Å². The molecule has 2 aliphatic rings. The zero-order valence-corrected chi connectivity index (χ0v) is 17.8. The average molecular weight is 419 g/mol. The van der Waals surface area contributed by atoms with E-state index in [1.807, 2.05) is 16.8 Å². The van der Waals surface area contributed by atoms with Crippen molar-refractivity contribution >= 4 is 11.7 Å². The van der Waals surface area contributed by atoms with Crippen LogP contribution in [-0.2, 0) is 11.3 Å². The second-order valence-electron chi connectivity index (χ2n) is 8.17. The van der Waals surface area contributed by atoms with Gasteiger partial charge in [-0.25, -0.2) is 9.97 Å². The number of carbonyl (C=O) groups is 1. The van der Waals surface area contributed by atoms with Crippen molar-refractivity contribution in [2.45, 2.75) is 64.6 Å². The van der Waals surface area contributed by atoms with Gasteiger partial charge in [0.25, 0.3) is 0 Å². The van der Waals surface area contributed by atoms with Crippen LogP contribution in [0.3, 0.4) is 0 Å². The Balaban J connectivity index is 1.63. The number of nitrogens with zero attached hydrogens (tertiary/aromatic N) is 7. The molecular formula is C22H26N8O. The highest BCUT2D eigenvalue weighted by molar-refractivity contribution is 5.73. The van der Waals surface area contributed by atoms with Crippen LogP contribution in [0.1, 0.15) is 63.4 Å². The van der Waals surface area contributed by atoms with Crippen molar-refractivity contribution in [1.82, 2.24) is 35.0 Å². The standard InChI is InChI=1S/C22H26N8O/c1-3-18-22-28-26-13-29(22)19-12-25-20(27-21(19)30(18)16-6-4-5-7-16)17-8-9-23-10-15(17)11-24-14(2)31/h8-10,12-13,16,18H,3-7,11H2,1-2H3,(H,24,31). The third-order valence-corrected chi connectivity index (χ3v) is 6.24. The molecule has 1 N–H and O–H groups in total. The molecule has 0 saturated heterocycles. The highest BCUT2D eigenvalue weighted by Crippen LogP contribution is 2.43. The molecule has 3 aromatic rings. The van der Waals surface area contributed by atoms with E-state index >= 15 is 0 Å². The molecule has 5 rings (SSSR count). The Labute approximate surface area is 181 Å². The first kappa shape index (κ1) is 19.6. The Bertz CT molecular complexity index is 1100. The number of rotatable bonds is 5. The molecule has 9 nitrogen and oxygen atoms in total. The third kappa shape index (κ3) is 3.43. The molecule has 0 aromatic carbocycles. The van der Waals surface area contributed by atoms with E-state index < -0.39 is 0 Å². The lowest BCUT2D eigenvalue weighted by atomic mass is 10.0. The molecule has 0 bridgehead atoms. The normalized spacial score (nSPS) is 18.0. The zero-order valence-electron chi connectivity index (χ0n) is 17.8. The smallest absolute Gasteiger partial charge is 0.217 e. The van der Waals surface area contributed by atoms with Crippen LogP contribution in [0.5, 0.6) is 0 Å². The van der Waals surface area contributed by atoms with Crippen molar-refractivity contribution in [3.8, 4) is 17.1 Å². The second-order valence-corrected chi connectivity index (χ2v) is 8.17.